The summed E-state index contributed by atoms with van der Waals surface area (Å²) in [6.07, 6.45) is 9.91. The molecule has 0 radical (unpaired) electrons. The number of hydrogen-bond donors (Lipinski definition) is 2. The Bertz CT molecular complexity index is 432. The van der Waals surface area contributed by atoms with Crippen molar-refractivity contribution in [1.29, 1.82) is 0 Å². The normalized spacial score (nSPS) is 21.1. The first-order valence-corrected chi connectivity index (χ1v) is 8.75. The minimum absolute atomic E-state index is 0.324. The third-order valence-electron chi connectivity index (χ3n) is 4.79. The predicted molar refractivity (Wildman–Crippen MR) is 89.7 cm³/mol. The van der Waals surface area contributed by atoms with Crippen LogP contribution in [0.2, 0.25) is 0 Å². The molecule has 0 heterocycles. The molecule has 0 unspecified atom stereocenters. The van der Waals surface area contributed by atoms with Crippen molar-refractivity contribution in [2.45, 2.75) is 70.4 Å². The van der Waals surface area contributed by atoms with Crippen LogP contribution in [0, 0.1) is 5.92 Å². The summed E-state index contributed by atoms with van der Waals surface area (Å²) in [5, 5.41) is 12.4. The van der Waals surface area contributed by atoms with Crippen LogP contribution in [0.3, 0.4) is 0 Å². The maximum atomic E-state index is 10.5. The zero-order valence-corrected chi connectivity index (χ0v) is 13.5. The number of rotatable bonds is 10. The van der Waals surface area contributed by atoms with E-state index in [9.17, 15) is 4.79 Å². The van der Waals surface area contributed by atoms with Crippen LogP contribution in [0.4, 0.5) is 0 Å². The number of carboxylic acid groups (broad SMARTS) is 1. The van der Waals surface area contributed by atoms with Gasteiger partial charge in [0.15, 0.2) is 0 Å². The number of hydrogen-bond acceptors (Lipinski definition) is 2. The molecule has 1 aliphatic carbocycles. The van der Waals surface area contributed by atoms with E-state index < -0.39 is 5.97 Å². The second-order valence-corrected chi connectivity index (χ2v) is 6.51. The Balaban J connectivity index is 1.60. The van der Waals surface area contributed by atoms with Crippen LogP contribution < -0.4 is 5.32 Å². The Labute approximate surface area is 134 Å². The van der Waals surface area contributed by atoms with Crippen molar-refractivity contribution in [3.63, 3.8) is 0 Å². The van der Waals surface area contributed by atoms with Gasteiger partial charge < -0.3 is 10.4 Å². The SMILES string of the molecule is O=C(O)CCCCCC[C@@H]1CCC[C@@H]1NCc1ccccc1. The lowest BCUT2D eigenvalue weighted by molar-refractivity contribution is -0.137. The molecule has 1 aromatic carbocycles. The summed E-state index contributed by atoms with van der Waals surface area (Å²) in [4.78, 5) is 10.5. The van der Waals surface area contributed by atoms with E-state index in [0.29, 0.717) is 12.5 Å². The van der Waals surface area contributed by atoms with Gasteiger partial charge >= 0.3 is 5.97 Å². The van der Waals surface area contributed by atoms with Gasteiger partial charge in [0.1, 0.15) is 0 Å². The third-order valence-corrected chi connectivity index (χ3v) is 4.79. The average Bonchev–Trinajstić information content (AvgIpc) is 2.97. The van der Waals surface area contributed by atoms with E-state index in [1.54, 1.807) is 0 Å². The number of nitrogens with one attached hydrogen (secondary N) is 1. The second kappa shape index (κ2) is 9.62. The molecule has 0 amide bonds. The summed E-state index contributed by atoms with van der Waals surface area (Å²) in [5.41, 5.74) is 1.36. The summed E-state index contributed by atoms with van der Waals surface area (Å²) >= 11 is 0. The molecule has 1 aliphatic rings. The fourth-order valence-electron chi connectivity index (χ4n) is 3.53. The van der Waals surface area contributed by atoms with Gasteiger partial charge in [0, 0.05) is 19.0 Å². The van der Waals surface area contributed by atoms with E-state index in [1.807, 2.05) is 0 Å². The van der Waals surface area contributed by atoms with Crippen LogP contribution in [-0.4, -0.2) is 17.1 Å². The Morgan fingerprint density at radius 2 is 1.86 bits per heavy atom. The molecule has 2 N–H and O–H groups in total. The average molecular weight is 303 g/mol. The van der Waals surface area contributed by atoms with Gasteiger partial charge in [0.2, 0.25) is 0 Å². The van der Waals surface area contributed by atoms with Crippen molar-refractivity contribution < 1.29 is 9.90 Å². The summed E-state index contributed by atoms with van der Waals surface area (Å²) in [7, 11) is 0. The zero-order chi connectivity index (χ0) is 15.6. The first-order valence-electron chi connectivity index (χ1n) is 8.75. The molecule has 0 bridgehead atoms. The molecule has 1 saturated carbocycles. The van der Waals surface area contributed by atoms with Crippen LogP contribution in [-0.2, 0) is 11.3 Å². The van der Waals surface area contributed by atoms with Crippen LogP contribution in [0.15, 0.2) is 30.3 Å². The van der Waals surface area contributed by atoms with Crippen LogP contribution in [0.5, 0.6) is 0 Å². The molecule has 122 valence electrons. The van der Waals surface area contributed by atoms with Gasteiger partial charge in [-0.3, -0.25) is 4.79 Å². The number of carboxylic acids is 1. The van der Waals surface area contributed by atoms with Gasteiger partial charge in [-0.15, -0.1) is 0 Å². The molecule has 1 aromatic rings. The molecule has 3 heteroatoms. The van der Waals surface area contributed by atoms with Crippen molar-refractivity contribution in [2.24, 2.45) is 5.92 Å². The molecule has 3 nitrogen and oxygen atoms in total. The molecule has 2 atom stereocenters. The van der Waals surface area contributed by atoms with Crippen molar-refractivity contribution in [1.82, 2.24) is 5.32 Å². The molecule has 1 fully saturated rings. The fourth-order valence-corrected chi connectivity index (χ4v) is 3.53. The highest BCUT2D eigenvalue weighted by atomic mass is 16.4. The minimum atomic E-state index is -0.666. The van der Waals surface area contributed by atoms with Crippen LogP contribution in [0.25, 0.3) is 0 Å². The monoisotopic (exact) mass is 303 g/mol. The molecule has 0 saturated heterocycles. The highest BCUT2D eigenvalue weighted by Gasteiger charge is 2.25. The quantitative estimate of drug-likeness (QED) is 0.631. The Kier molecular flexibility index (Phi) is 7.44. The number of benzene rings is 1. The van der Waals surface area contributed by atoms with Gasteiger partial charge in [-0.05, 0) is 37.2 Å². The van der Waals surface area contributed by atoms with E-state index in [4.69, 9.17) is 5.11 Å². The predicted octanol–water partition coefficient (Wildman–Crippen LogP) is 4.37. The van der Waals surface area contributed by atoms with Gasteiger partial charge in [-0.1, -0.05) is 56.0 Å². The summed E-state index contributed by atoms with van der Waals surface area (Å²) in [6, 6.07) is 11.3. The van der Waals surface area contributed by atoms with Crippen LogP contribution >= 0.6 is 0 Å². The lowest BCUT2D eigenvalue weighted by Gasteiger charge is -2.21. The lowest BCUT2D eigenvalue weighted by atomic mass is 9.95. The van der Waals surface area contributed by atoms with Gasteiger partial charge in [-0.2, -0.15) is 0 Å². The standard InChI is InChI=1S/C19H29NO2/c21-19(22)14-7-2-1-6-11-17-12-8-13-18(17)20-15-16-9-4-3-5-10-16/h3-5,9-10,17-18,20H,1-2,6-8,11-15H2,(H,21,22)/t17-,18+/m1/s1. The molecule has 0 aromatic heterocycles. The molecular weight excluding hydrogens is 274 g/mol. The molecular formula is C19H29NO2. The highest BCUT2D eigenvalue weighted by molar-refractivity contribution is 5.66. The maximum Gasteiger partial charge on any atom is 0.303 e. The number of unbranched alkanes of at least 4 members (excludes halogenated alkanes) is 3. The first kappa shape index (κ1) is 17.0. The zero-order valence-electron chi connectivity index (χ0n) is 13.5. The molecule has 22 heavy (non-hydrogen) atoms. The first-order chi connectivity index (χ1) is 10.8. The second-order valence-electron chi connectivity index (χ2n) is 6.51. The van der Waals surface area contributed by atoms with E-state index in [0.717, 1.165) is 25.3 Å². The maximum absolute atomic E-state index is 10.5. The fraction of sp³-hybridized carbons (Fsp3) is 0.632. The van der Waals surface area contributed by atoms with Crippen molar-refractivity contribution in [3.8, 4) is 0 Å². The lowest BCUT2D eigenvalue weighted by Crippen LogP contribution is -2.31. The van der Waals surface area contributed by atoms with Gasteiger partial charge in [0.05, 0.1) is 0 Å². The minimum Gasteiger partial charge on any atom is -0.481 e. The van der Waals surface area contributed by atoms with Gasteiger partial charge in [-0.25, -0.2) is 0 Å². The summed E-state index contributed by atoms with van der Waals surface area (Å²) in [5.74, 6) is 0.143. The summed E-state index contributed by atoms with van der Waals surface area (Å²) in [6.45, 7) is 0.973. The van der Waals surface area contributed by atoms with Crippen LogP contribution in [0.1, 0.15) is 63.4 Å². The molecule has 2 rings (SSSR count). The van der Waals surface area contributed by atoms with Crippen molar-refractivity contribution in [2.75, 3.05) is 0 Å². The molecule has 0 spiro atoms. The summed E-state index contributed by atoms with van der Waals surface area (Å²) < 4.78 is 0. The highest BCUT2D eigenvalue weighted by Crippen LogP contribution is 2.30. The topological polar surface area (TPSA) is 49.3 Å². The Morgan fingerprint density at radius 3 is 2.64 bits per heavy atom. The smallest absolute Gasteiger partial charge is 0.303 e. The molecule has 0 aliphatic heterocycles. The van der Waals surface area contributed by atoms with Crippen molar-refractivity contribution in [3.05, 3.63) is 35.9 Å². The number of carbonyl (C=O) groups is 1. The largest absolute Gasteiger partial charge is 0.481 e. The third kappa shape index (κ3) is 6.18. The Morgan fingerprint density at radius 1 is 1.09 bits per heavy atom. The van der Waals surface area contributed by atoms with E-state index in [1.165, 1.54) is 44.1 Å². The van der Waals surface area contributed by atoms with E-state index in [-0.39, 0.29) is 0 Å². The van der Waals surface area contributed by atoms with E-state index in [2.05, 4.69) is 35.6 Å². The van der Waals surface area contributed by atoms with Gasteiger partial charge in [0.25, 0.3) is 0 Å². The van der Waals surface area contributed by atoms with E-state index >= 15 is 0 Å². The van der Waals surface area contributed by atoms with Crippen molar-refractivity contribution >= 4 is 5.97 Å². The number of aliphatic carboxylic acids is 1. The Hall–Kier alpha value is -1.35.